The fourth-order valence-electron chi connectivity index (χ4n) is 2.98. The van der Waals surface area contributed by atoms with Crippen molar-refractivity contribution in [3.8, 4) is 0 Å². The average Bonchev–Trinajstić information content (AvgIpc) is 2.73. The first kappa shape index (κ1) is 26.3. The van der Waals surface area contributed by atoms with Crippen LogP contribution in [0, 0.1) is 0 Å². The van der Waals surface area contributed by atoms with Gasteiger partial charge in [0.1, 0.15) is 0 Å². The van der Waals surface area contributed by atoms with E-state index in [0.717, 1.165) is 20.0 Å². The second kappa shape index (κ2) is 16.2. The van der Waals surface area contributed by atoms with Gasteiger partial charge in [0.05, 0.1) is 13.1 Å². The fraction of sp³-hybridized carbons (Fsp3) is 0.591. The van der Waals surface area contributed by atoms with Crippen LogP contribution in [0.2, 0.25) is 0 Å². The first-order valence-electron chi connectivity index (χ1n) is 10.00. The smallest absolute Gasteiger partial charge is 0.236 e. The third-order valence-electron chi connectivity index (χ3n) is 4.25. The summed E-state index contributed by atoms with van der Waals surface area (Å²) in [6.45, 7) is 10.1. The standard InChI is InChI=1S/C21H34N2O3.CH4O/c1-5-10-19-17(6-2)11-9-12-18(19)13-14-23(20(24)15-22)16-21(25-7-3)26-8-4;1-2/h5,9-12,21H,6-8,13-16,22H2,1-4H3;2H,1H3/b10-5-;. The zero-order valence-corrected chi connectivity index (χ0v) is 18.1. The summed E-state index contributed by atoms with van der Waals surface area (Å²) >= 11 is 0. The Morgan fingerprint density at radius 1 is 1.18 bits per heavy atom. The van der Waals surface area contributed by atoms with Gasteiger partial charge in [-0.1, -0.05) is 37.3 Å². The predicted octanol–water partition coefficient (Wildman–Crippen LogP) is 2.62. The number of allylic oxidation sites excluding steroid dienone is 1. The van der Waals surface area contributed by atoms with Gasteiger partial charge >= 0.3 is 0 Å². The van der Waals surface area contributed by atoms with E-state index in [0.29, 0.717) is 26.3 Å². The Morgan fingerprint density at radius 2 is 1.79 bits per heavy atom. The highest BCUT2D eigenvalue weighted by Gasteiger charge is 2.19. The van der Waals surface area contributed by atoms with Crippen molar-refractivity contribution in [2.24, 2.45) is 5.73 Å². The van der Waals surface area contributed by atoms with E-state index in [9.17, 15) is 4.79 Å². The monoisotopic (exact) mass is 394 g/mol. The van der Waals surface area contributed by atoms with Crippen molar-refractivity contribution in [1.82, 2.24) is 4.90 Å². The van der Waals surface area contributed by atoms with Gasteiger partial charge in [-0.05, 0) is 50.3 Å². The first-order chi connectivity index (χ1) is 13.6. The Morgan fingerprint density at radius 3 is 2.29 bits per heavy atom. The van der Waals surface area contributed by atoms with Gasteiger partial charge in [-0.2, -0.15) is 0 Å². The molecule has 1 aromatic carbocycles. The maximum absolute atomic E-state index is 12.3. The van der Waals surface area contributed by atoms with E-state index < -0.39 is 6.29 Å². The number of carbonyl (C=O) groups is 1. The lowest BCUT2D eigenvalue weighted by Crippen LogP contribution is -2.43. The molecule has 1 rings (SSSR count). The minimum absolute atomic E-state index is 0.0122. The van der Waals surface area contributed by atoms with E-state index in [1.54, 1.807) is 4.90 Å². The van der Waals surface area contributed by atoms with Crippen molar-refractivity contribution < 1.29 is 19.4 Å². The molecule has 0 atom stereocenters. The summed E-state index contributed by atoms with van der Waals surface area (Å²) in [7, 11) is 1.00. The SMILES string of the molecule is C/C=C\c1c(CC)cccc1CCN(CC(OCC)OCC)C(=O)CN.CO. The van der Waals surface area contributed by atoms with Crippen LogP contribution in [0.15, 0.2) is 24.3 Å². The molecule has 0 fully saturated rings. The molecule has 6 nitrogen and oxygen atoms in total. The quantitative estimate of drug-likeness (QED) is 0.532. The van der Waals surface area contributed by atoms with E-state index in [-0.39, 0.29) is 12.5 Å². The van der Waals surface area contributed by atoms with Crippen LogP contribution in [0.4, 0.5) is 0 Å². The summed E-state index contributed by atoms with van der Waals surface area (Å²) in [5.41, 5.74) is 9.41. The van der Waals surface area contributed by atoms with E-state index in [2.05, 4.69) is 37.3 Å². The average molecular weight is 395 g/mol. The van der Waals surface area contributed by atoms with E-state index >= 15 is 0 Å². The molecule has 160 valence electrons. The highest BCUT2D eigenvalue weighted by molar-refractivity contribution is 5.78. The predicted molar refractivity (Wildman–Crippen MR) is 115 cm³/mol. The second-order valence-electron chi connectivity index (χ2n) is 5.98. The number of benzene rings is 1. The van der Waals surface area contributed by atoms with Crippen molar-refractivity contribution in [2.75, 3.05) is 40.0 Å². The molecule has 0 saturated carbocycles. The molecule has 6 heteroatoms. The minimum atomic E-state index is -0.419. The summed E-state index contributed by atoms with van der Waals surface area (Å²) in [5.74, 6) is -0.0892. The summed E-state index contributed by atoms with van der Waals surface area (Å²) in [6, 6.07) is 6.36. The Bertz CT molecular complexity index is 570. The van der Waals surface area contributed by atoms with E-state index in [1.165, 1.54) is 16.7 Å². The number of aliphatic hydroxyl groups excluding tert-OH is 1. The first-order valence-corrected chi connectivity index (χ1v) is 10.00. The van der Waals surface area contributed by atoms with Crippen molar-refractivity contribution in [3.05, 3.63) is 41.0 Å². The number of carbonyl (C=O) groups excluding carboxylic acids is 1. The molecule has 0 aliphatic carbocycles. The lowest BCUT2D eigenvalue weighted by Gasteiger charge is -2.27. The van der Waals surface area contributed by atoms with Gasteiger partial charge in [0.2, 0.25) is 5.91 Å². The van der Waals surface area contributed by atoms with Crippen LogP contribution in [0.1, 0.15) is 44.4 Å². The van der Waals surface area contributed by atoms with E-state index in [1.807, 2.05) is 20.8 Å². The molecule has 0 saturated heterocycles. The molecule has 0 spiro atoms. The number of hydrogen-bond acceptors (Lipinski definition) is 5. The molecule has 1 aromatic rings. The van der Waals surface area contributed by atoms with Crippen LogP contribution in [0.25, 0.3) is 6.08 Å². The van der Waals surface area contributed by atoms with Crippen LogP contribution >= 0.6 is 0 Å². The van der Waals surface area contributed by atoms with Crippen molar-refractivity contribution >= 4 is 12.0 Å². The zero-order chi connectivity index (χ0) is 21.4. The number of amides is 1. The summed E-state index contributed by atoms with van der Waals surface area (Å²) in [6.07, 6.45) is 5.53. The summed E-state index contributed by atoms with van der Waals surface area (Å²) in [4.78, 5) is 14.0. The molecule has 0 bridgehead atoms. The third-order valence-corrected chi connectivity index (χ3v) is 4.25. The van der Waals surface area contributed by atoms with Crippen LogP contribution < -0.4 is 5.73 Å². The maximum atomic E-state index is 12.3. The number of aliphatic hydroxyl groups is 1. The normalized spacial score (nSPS) is 10.9. The van der Waals surface area contributed by atoms with Crippen molar-refractivity contribution in [1.29, 1.82) is 0 Å². The lowest BCUT2D eigenvalue weighted by atomic mass is 9.96. The zero-order valence-electron chi connectivity index (χ0n) is 18.1. The Hall–Kier alpha value is -1.73. The minimum Gasteiger partial charge on any atom is -0.400 e. The molecule has 0 aliphatic rings. The largest absolute Gasteiger partial charge is 0.400 e. The highest BCUT2D eigenvalue weighted by Crippen LogP contribution is 2.19. The van der Waals surface area contributed by atoms with Gasteiger partial charge < -0.3 is 25.2 Å². The number of aryl methyl sites for hydroxylation is 1. The van der Waals surface area contributed by atoms with Gasteiger partial charge in [-0.25, -0.2) is 0 Å². The molecule has 0 unspecified atom stereocenters. The molecule has 3 N–H and O–H groups in total. The molecular weight excluding hydrogens is 356 g/mol. The van der Waals surface area contributed by atoms with Gasteiger partial charge in [-0.15, -0.1) is 0 Å². The Labute approximate surface area is 170 Å². The highest BCUT2D eigenvalue weighted by atomic mass is 16.7. The molecule has 0 heterocycles. The third kappa shape index (κ3) is 8.97. The van der Waals surface area contributed by atoms with Crippen molar-refractivity contribution in [2.45, 2.75) is 46.8 Å². The number of nitrogens with two attached hydrogens (primary N) is 1. The molecule has 0 aromatic heterocycles. The van der Waals surface area contributed by atoms with Crippen molar-refractivity contribution in [3.63, 3.8) is 0 Å². The summed E-state index contributed by atoms with van der Waals surface area (Å²) in [5, 5.41) is 7.00. The van der Waals surface area contributed by atoms with Crippen LogP contribution in [0.3, 0.4) is 0 Å². The van der Waals surface area contributed by atoms with Gasteiger partial charge in [0.25, 0.3) is 0 Å². The molecule has 28 heavy (non-hydrogen) atoms. The number of nitrogens with zero attached hydrogens (tertiary/aromatic N) is 1. The van der Waals surface area contributed by atoms with Gasteiger partial charge in [-0.3, -0.25) is 4.79 Å². The number of hydrogen-bond donors (Lipinski definition) is 2. The van der Waals surface area contributed by atoms with Crippen LogP contribution in [-0.2, 0) is 27.1 Å². The second-order valence-corrected chi connectivity index (χ2v) is 5.98. The molecule has 0 aliphatic heterocycles. The van der Waals surface area contributed by atoms with Gasteiger partial charge in [0.15, 0.2) is 6.29 Å². The number of ether oxygens (including phenoxy) is 2. The van der Waals surface area contributed by atoms with Crippen LogP contribution in [0.5, 0.6) is 0 Å². The van der Waals surface area contributed by atoms with E-state index in [4.69, 9.17) is 20.3 Å². The molecule has 0 radical (unpaired) electrons. The Balaban J connectivity index is 0.00000352. The van der Waals surface area contributed by atoms with Gasteiger partial charge in [0, 0.05) is 26.9 Å². The molecule has 1 amide bonds. The summed E-state index contributed by atoms with van der Waals surface area (Å²) < 4.78 is 11.2. The lowest BCUT2D eigenvalue weighted by molar-refractivity contribution is -0.158. The fourth-order valence-corrected chi connectivity index (χ4v) is 2.98. The number of rotatable bonds is 12. The topological polar surface area (TPSA) is 85.0 Å². The Kier molecular flexibility index (Phi) is 15.2. The maximum Gasteiger partial charge on any atom is 0.236 e. The van der Waals surface area contributed by atoms with Crippen LogP contribution in [-0.4, -0.2) is 62.2 Å². The molecular formula is C22H38N2O4.